The molecule has 1 aromatic rings. The van der Waals surface area contributed by atoms with E-state index >= 15 is 0 Å². The van der Waals surface area contributed by atoms with Crippen molar-refractivity contribution in [1.82, 2.24) is 9.78 Å². The van der Waals surface area contributed by atoms with Crippen LogP contribution in [0.2, 0.25) is 0 Å². The zero-order chi connectivity index (χ0) is 11.6. The Bertz CT molecular complexity index is 417. The van der Waals surface area contributed by atoms with Gasteiger partial charge in [-0.05, 0) is 43.4 Å². The van der Waals surface area contributed by atoms with Crippen molar-refractivity contribution in [2.45, 2.75) is 32.6 Å². The number of rotatable bonds is 4. The number of sulfone groups is 1. The Labute approximate surface area is 104 Å². The van der Waals surface area contributed by atoms with Crippen LogP contribution in [0, 0.1) is 10.6 Å². The summed E-state index contributed by atoms with van der Waals surface area (Å²) in [5, 5.41) is 3.90. The first kappa shape index (κ1) is 13.0. The van der Waals surface area contributed by atoms with Crippen LogP contribution >= 0.6 is 22.6 Å². The van der Waals surface area contributed by atoms with Crippen molar-refractivity contribution in [3.63, 3.8) is 0 Å². The predicted molar refractivity (Wildman–Crippen MR) is 68.6 cm³/mol. The van der Waals surface area contributed by atoms with E-state index in [0.29, 0.717) is 6.54 Å². The summed E-state index contributed by atoms with van der Waals surface area (Å²) in [5.41, 5.74) is 1.08. The molecule has 0 saturated heterocycles. The van der Waals surface area contributed by atoms with Gasteiger partial charge in [0.2, 0.25) is 0 Å². The molecule has 0 aromatic carbocycles. The second-order valence-corrected chi connectivity index (χ2v) is 7.48. The van der Waals surface area contributed by atoms with Crippen LogP contribution in [0.4, 0.5) is 0 Å². The lowest BCUT2D eigenvalue weighted by molar-refractivity contribution is 0.572. The Balaban J connectivity index is 2.66. The second-order valence-electron chi connectivity index (χ2n) is 3.78. The topological polar surface area (TPSA) is 52.0 Å². The van der Waals surface area contributed by atoms with Gasteiger partial charge in [-0.2, -0.15) is 5.10 Å². The molecule has 0 aliphatic carbocycles. The lowest BCUT2D eigenvalue weighted by Crippen LogP contribution is -2.21. The highest BCUT2D eigenvalue weighted by molar-refractivity contribution is 14.1. The Kier molecular flexibility index (Phi) is 4.16. The van der Waals surface area contributed by atoms with Crippen LogP contribution in [-0.4, -0.2) is 29.2 Å². The van der Waals surface area contributed by atoms with E-state index in [4.69, 9.17) is 0 Å². The van der Waals surface area contributed by atoms with Gasteiger partial charge in [-0.15, -0.1) is 0 Å². The zero-order valence-electron chi connectivity index (χ0n) is 9.07. The Morgan fingerprint density at radius 2 is 2.13 bits per heavy atom. The fourth-order valence-electron chi connectivity index (χ4n) is 1.07. The van der Waals surface area contributed by atoms with E-state index in [1.165, 1.54) is 0 Å². The number of hydrogen-bond donors (Lipinski definition) is 0. The zero-order valence-corrected chi connectivity index (χ0v) is 12.0. The fourth-order valence-corrected chi connectivity index (χ4v) is 2.40. The van der Waals surface area contributed by atoms with Gasteiger partial charge in [0.25, 0.3) is 0 Å². The molecule has 0 atom stereocenters. The van der Waals surface area contributed by atoms with E-state index in [1.807, 2.05) is 13.1 Å². The van der Waals surface area contributed by atoms with Crippen molar-refractivity contribution in [2.24, 2.45) is 0 Å². The molecule has 6 heteroatoms. The van der Waals surface area contributed by atoms with Crippen molar-refractivity contribution >= 4 is 32.4 Å². The first-order valence-corrected chi connectivity index (χ1v) is 7.53. The molecule has 1 rings (SSSR count). The molecule has 0 unspecified atom stereocenters. The maximum atomic E-state index is 11.6. The number of nitrogens with zero attached hydrogens (tertiary/aromatic N) is 2. The van der Waals surface area contributed by atoms with Gasteiger partial charge in [-0.1, -0.05) is 0 Å². The van der Waals surface area contributed by atoms with Crippen LogP contribution in [0.1, 0.15) is 19.4 Å². The summed E-state index contributed by atoms with van der Waals surface area (Å²) in [5.74, 6) is 0.155. The molecule has 0 amide bonds. The first-order valence-electron chi connectivity index (χ1n) is 4.74. The largest absolute Gasteiger partial charge is 0.270 e. The van der Waals surface area contributed by atoms with Gasteiger partial charge in [0.05, 0.1) is 17.5 Å². The monoisotopic (exact) mass is 342 g/mol. The molecule has 4 nitrogen and oxygen atoms in total. The standard InChI is InChI=1S/C9H15IN2O2S/c1-7(2)15(13,14)5-4-12-6-8(3)9(10)11-12/h6-7H,4-5H2,1-3H3. The maximum Gasteiger partial charge on any atom is 0.154 e. The SMILES string of the molecule is Cc1cn(CCS(=O)(=O)C(C)C)nc1I. The third-order valence-corrected chi connectivity index (χ3v) is 5.46. The Hall–Kier alpha value is -0.110. The van der Waals surface area contributed by atoms with Crippen molar-refractivity contribution in [3.05, 3.63) is 15.5 Å². The molecule has 0 radical (unpaired) electrons. The van der Waals surface area contributed by atoms with E-state index < -0.39 is 9.84 Å². The highest BCUT2D eigenvalue weighted by Gasteiger charge is 2.16. The Morgan fingerprint density at radius 3 is 2.53 bits per heavy atom. The molecule has 0 spiro atoms. The van der Waals surface area contributed by atoms with E-state index in [9.17, 15) is 8.42 Å². The minimum atomic E-state index is -2.96. The lowest BCUT2D eigenvalue weighted by Gasteiger charge is -2.07. The molecule has 0 bridgehead atoms. The van der Waals surface area contributed by atoms with Crippen molar-refractivity contribution in [2.75, 3.05) is 5.75 Å². The van der Waals surface area contributed by atoms with E-state index in [2.05, 4.69) is 27.7 Å². The Morgan fingerprint density at radius 1 is 1.53 bits per heavy atom. The third-order valence-electron chi connectivity index (χ3n) is 2.21. The lowest BCUT2D eigenvalue weighted by atomic mass is 10.4. The molecule has 1 heterocycles. The molecule has 0 fully saturated rings. The van der Waals surface area contributed by atoms with E-state index in [0.717, 1.165) is 9.26 Å². The minimum Gasteiger partial charge on any atom is -0.270 e. The summed E-state index contributed by atoms with van der Waals surface area (Å²) in [7, 11) is -2.96. The number of aryl methyl sites for hydroxylation is 2. The van der Waals surface area contributed by atoms with Gasteiger partial charge in [0.15, 0.2) is 9.84 Å². The molecule has 0 saturated carbocycles. The van der Waals surface area contributed by atoms with Gasteiger partial charge < -0.3 is 0 Å². The van der Waals surface area contributed by atoms with Crippen LogP contribution in [0.5, 0.6) is 0 Å². The van der Waals surface area contributed by atoms with Crippen LogP contribution in [0.25, 0.3) is 0 Å². The highest BCUT2D eigenvalue weighted by Crippen LogP contribution is 2.08. The number of hydrogen-bond acceptors (Lipinski definition) is 3. The summed E-state index contributed by atoms with van der Waals surface area (Å²) >= 11 is 2.14. The van der Waals surface area contributed by atoms with Crippen molar-refractivity contribution in [3.8, 4) is 0 Å². The first-order chi connectivity index (χ1) is 6.83. The fraction of sp³-hybridized carbons (Fsp3) is 0.667. The normalized spacial score (nSPS) is 12.3. The molecular formula is C9H15IN2O2S. The number of aromatic nitrogens is 2. The van der Waals surface area contributed by atoms with Crippen molar-refractivity contribution in [1.29, 1.82) is 0 Å². The summed E-state index contributed by atoms with van der Waals surface area (Å²) in [6.07, 6.45) is 1.87. The van der Waals surface area contributed by atoms with E-state index in [1.54, 1.807) is 18.5 Å². The quantitative estimate of drug-likeness (QED) is 0.782. The highest BCUT2D eigenvalue weighted by atomic mass is 127. The van der Waals surface area contributed by atoms with Gasteiger partial charge in [-0.25, -0.2) is 8.42 Å². The molecule has 0 aliphatic heterocycles. The summed E-state index contributed by atoms with van der Waals surface area (Å²) < 4.78 is 25.7. The van der Waals surface area contributed by atoms with Crippen LogP contribution in [0.15, 0.2) is 6.20 Å². The molecule has 1 aromatic heterocycles. The summed E-state index contributed by atoms with van der Waals surface area (Å²) in [6.45, 7) is 5.80. The van der Waals surface area contributed by atoms with Crippen molar-refractivity contribution < 1.29 is 8.42 Å². The van der Waals surface area contributed by atoms with Gasteiger partial charge in [0, 0.05) is 11.8 Å². The minimum absolute atomic E-state index is 0.155. The van der Waals surface area contributed by atoms with Crippen LogP contribution in [-0.2, 0) is 16.4 Å². The molecular weight excluding hydrogens is 327 g/mol. The summed E-state index contributed by atoms with van der Waals surface area (Å²) in [4.78, 5) is 0. The molecule has 0 N–H and O–H groups in total. The summed E-state index contributed by atoms with van der Waals surface area (Å²) in [6, 6.07) is 0. The van der Waals surface area contributed by atoms with E-state index in [-0.39, 0.29) is 11.0 Å². The smallest absolute Gasteiger partial charge is 0.154 e. The van der Waals surface area contributed by atoms with Gasteiger partial charge >= 0.3 is 0 Å². The maximum absolute atomic E-state index is 11.6. The van der Waals surface area contributed by atoms with Gasteiger partial charge in [-0.3, -0.25) is 4.68 Å². The third kappa shape index (κ3) is 3.44. The molecule has 86 valence electrons. The second kappa shape index (κ2) is 4.82. The number of halogens is 1. The van der Waals surface area contributed by atoms with Gasteiger partial charge in [0.1, 0.15) is 3.70 Å². The molecule has 0 aliphatic rings. The molecule has 15 heavy (non-hydrogen) atoms. The average molecular weight is 342 g/mol. The van der Waals surface area contributed by atoms with Crippen LogP contribution in [0.3, 0.4) is 0 Å². The predicted octanol–water partition coefficient (Wildman–Crippen LogP) is 1.62. The van der Waals surface area contributed by atoms with Crippen LogP contribution < -0.4 is 0 Å². The average Bonchev–Trinajstić information content (AvgIpc) is 2.43.